The first-order valence-electron chi connectivity index (χ1n) is 12.5. The number of H-pyrrole nitrogens is 1. The Hall–Kier alpha value is -3.16. The molecule has 7 rings (SSSR count). The lowest BCUT2D eigenvalue weighted by molar-refractivity contribution is 0.0526. The number of ether oxygens (including phenoxy) is 2. The maximum Gasteiger partial charge on any atom is 0.338 e. The fourth-order valence-corrected chi connectivity index (χ4v) is 6.89. The Morgan fingerprint density at radius 2 is 1.97 bits per heavy atom. The Balaban J connectivity index is 1.39. The zero-order valence-electron chi connectivity index (χ0n) is 19.7. The van der Waals surface area contributed by atoms with Gasteiger partial charge in [-0.05, 0) is 81.4 Å². The molecule has 4 saturated carbocycles. The lowest BCUT2D eigenvalue weighted by atomic mass is 9.75. The number of carbonyl (C=O) groups excluding carboxylic acids is 1. The summed E-state index contributed by atoms with van der Waals surface area (Å²) in [5.41, 5.74) is 1.15. The van der Waals surface area contributed by atoms with Crippen molar-refractivity contribution >= 4 is 17.1 Å². The van der Waals surface area contributed by atoms with E-state index in [1.54, 1.807) is 35.8 Å². The van der Waals surface area contributed by atoms with Crippen molar-refractivity contribution in [2.45, 2.75) is 64.3 Å². The first-order chi connectivity index (χ1) is 16.5. The van der Waals surface area contributed by atoms with E-state index < -0.39 is 5.97 Å². The highest BCUT2D eigenvalue weighted by Crippen LogP contribution is 2.65. The molecule has 0 saturated heterocycles. The molecule has 2 atom stereocenters. The molecule has 34 heavy (non-hydrogen) atoms. The van der Waals surface area contributed by atoms with Gasteiger partial charge in [0, 0.05) is 12.0 Å². The third-order valence-electron chi connectivity index (χ3n) is 8.04. The van der Waals surface area contributed by atoms with Gasteiger partial charge in [-0.15, -0.1) is 0 Å². The molecule has 3 aromatic rings. The van der Waals surface area contributed by atoms with Crippen LogP contribution >= 0.6 is 0 Å². The van der Waals surface area contributed by atoms with Crippen LogP contribution in [0.25, 0.3) is 11.2 Å². The van der Waals surface area contributed by atoms with Crippen LogP contribution in [0.2, 0.25) is 0 Å². The van der Waals surface area contributed by atoms with E-state index in [2.05, 4.69) is 9.97 Å². The number of nitrogens with one attached hydrogen (secondary N) is 1. The van der Waals surface area contributed by atoms with Gasteiger partial charge in [0.25, 0.3) is 5.56 Å². The molecule has 0 amide bonds. The van der Waals surface area contributed by atoms with Crippen LogP contribution in [0.5, 0.6) is 11.8 Å². The summed E-state index contributed by atoms with van der Waals surface area (Å²) in [5.74, 6) is 3.19. The van der Waals surface area contributed by atoms with E-state index in [4.69, 9.17) is 14.5 Å². The molecule has 4 fully saturated rings. The Morgan fingerprint density at radius 3 is 2.71 bits per heavy atom. The van der Waals surface area contributed by atoms with Crippen LogP contribution in [0.15, 0.2) is 29.1 Å². The van der Waals surface area contributed by atoms with Crippen molar-refractivity contribution in [1.29, 1.82) is 0 Å². The van der Waals surface area contributed by atoms with Gasteiger partial charge in [-0.3, -0.25) is 9.36 Å². The summed E-state index contributed by atoms with van der Waals surface area (Å²) < 4.78 is 12.7. The van der Waals surface area contributed by atoms with Crippen LogP contribution < -0.4 is 10.3 Å². The molecule has 4 aliphatic carbocycles. The number of aromatic amines is 1. The summed E-state index contributed by atoms with van der Waals surface area (Å²) in [5, 5.41) is 0. The molecular weight excluding hydrogens is 432 g/mol. The third-order valence-corrected chi connectivity index (χ3v) is 8.04. The van der Waals surface area contributed by atoms with Gasteiger partial charge in [0.1, 0.15) is 11.6 Å². The average Bonchev–Trinajstić information content (AvgIpc) is 3.44. The van der Waals surface area contributed by atoms with Crippen molar-refractivity contribution in [3.63, 3.8) is 0 Å². The van der Waals surface area contributed by atoms with Crippen LogP contribution in [0.3, 0.4) is 0 Å². The summed E-state index contributed by atoms with van der Waals surface area (Å²) in [7, 11) is 0. The van der Waals surface area contributed by atoms with Gasteiger partial charge >= 0.3 is 12.0 Å². The van der Waals surface area contributed by atoms with Gasteiger partial charge in [-0.25, -0.2) is 9.78 Å². The van der Waals surface area contributed by atoms with Crippen molar-refractivity contribution < 1.29 is 14.3 Å². The number of imidazole rings is 1. The summed E-state index contributed by atoms with van der Waals surface area (Å²) in [4.78, 5) is 38.6. The number of nitrogens with zero attached hydrogens (tertiary/aromatic N) is 3. The van der Waals surface area contributed by atoms with Crippen molar-refractivity contribution in [3.05, 3.63) is 46.0 Å². The topological polar surface area (TPSA) is 99.1 Å². The van der Waals surface area contributed by atoms with E-state index in [1.165, 1.54) is 32.1 Å². The lowest BCUT2D eigenvalue weighted by Crippen LogP contribution is -2.29. The minimum Gasteiger partial charge on any atom is -0.462 e. The van der Waals surface area contributed by atoms with Crippen molar-refractivity contribution in [3.8, 4) is 11.8 Å². The molecule has 2 heterocycles. The number of rotatable bonds is 7. The monoisotopic (exact) mass is 462 g/mol. The molecule has 2 unspecified atom stereocenters. The van der Waals surface area contributed by atoms with Crippen molar-refractivity contribution in [1.82, 2.24) is 19.5 Å². The predicted molar refractivity (Wildman–Crippen MR) is 126 cm³/mol. The molecule has 8 heteroatoms. The molecule has 4 bridgehead atoms. The first-order valence-corrected chi connectivity index (χ1v) is 12.5. The summed E-state index contributed by atoms with van der Waals surface area (Å²) in [6.07, 6.45) is 7.01. The Bertz CT molecular complexity index is 1310. The van der Waals surface area contributed by atoms with Gasteiger partial charge in [-0.2, -0.15) is 4.98 Å². The standard InChI is InChI=1S/C26H30N4O4/c1-3-8-30-22(31)20-21(28-24(27-20)26-13-15-9-16(14-26)11-18(26)10-15)29-25(30)34-19-7-5-6-17(12-19)23(32)33-4-2/h5-7,12,15-16,18H,3-4,8-11,13-14H2,1-2H3,(H,27,28). The second-order valence-corrected chi connectivity index (χ2v) is 10.2. The van der Waals surface area contributed by atoms with E-state index in [0.717, 1.165) is 24.1 Å². The summed E-state index contributed by atoms with van der Waals surface area (Å²) in [6, 6.07) is 6.92. The van der Waals surface area contributed by atoms with Crippen LogP contribution in [0, 0.1) is 17.8 Å². The zero-order chi connectivity index (χ0) is 23.4. The largest absolute Gasteiger partial charge is 0.462 e. The predicted octanol–water partition coefficient (Wildman–Crippen LogP) is 4.58. The molecule has 0 aliphatic heterocycles. The Labute approximate surface area is 197 Å². The number of fused-ring (bicyclic) bond motifs is 1. The molecule has 4 aliphatic rings. The molecule has 178 valence electrons. The smallest absolute Gasteiger partial charge is 0.338 e. The second-order valence-electron chi connectivity index (χ2n) is 10.2. The fourth-order valence-electron chi connectivity index (χ4n) is 6.89. The van der Waals surface area contributed by atoms with Crippen LogP contribution in [-0.2, 0) is 16.7 Å². The summed E-state index contributed by atoms with van der Waals surface area (Å²) in [6.45, 7) is 4.54. The van der Waals surface area contributed by atoms with E-state index in [-0.39, 0.29) is 17.0 Å². The van der Waals surface area contributed by atoms with Gasteiger partial charge < -0.3 is 14.5 Å². The normalized spacial score (nSPS) is 26.9. The van der Waals surface area contributed by atoms with Gasteiger partial charge in [0.05, 0.1) is 12.2 Å². The van der Waals surface area contributed by atoms with Gasteiger partial charge in [0.2, 0.25) is 0 Å². The molecule has 2 aromatic heterocycles. The van der Waals surface area contributed by atoms with Crippen LogP contribution in [0.4, 0.5) is 0 Å². The highest BCUT2D eigenvalue weighted by Gasteiger charge is 2.59. The minimum absolute atomic E-state index is 0.0747. The minimum atomic E-state index is -0.417. The number of esters is 1. The van der Waals surface area contributed by atoms with E-state index in [1.807, 2.05) is 6.92 Å². The second kappa shape index (κ2) is 7.96. The number of aromatic nitrogens is 4. The molecule has 0 spiro atoms. The molecule has 8 nitrogen and oxygen atoms in total. The number of carbonyl (C=O) groups is 1. The van der Waals surface area contributed by atoms with Gasteiger partial charge in [-0.1, -0.05) is 13.0 Å². The molecule has 0 radical (unpaired) electrons. The number of hydrogen-bond donors (Lipinski definition) is 1. The van der Waals surface area contributed by atoms with E-state index >= 15 is 0 Å². The highest BCUT2D eigenvalue weighted by atomic mass is 16.5. The Morgan fingerprint density at radius 1 is 1.18 bits per heavy atom. The van der Waals surface area contributed by atoms with E-state index in [0.29, 0.717) is 41.5 Å². The maximum absolute atomic E-state index is 13.5. The number of benzene rings is 1. The fraction of sp³-hybridized carbons (Fsp3) is 0.538. The highest BCUT2D eigenvalue weighted by molar-refractivity contribution is 5.89. The third kappa shape index (κ3) is 3.26. The van der Waals surface area contributed by atoms with Crippen LogP contribution in [0.1, 0.15) is 68.6 Å². The van der Waals surface area contributed by atoms with Crippen molar-refractivity contribution in [2.24, 2.45) is 17.8 Å². The molecule has 1 N–H and O–H groups in total. The number of hydrogen-bond acceptors (Lipinski definition) is 6. The molecule has 1 aromatic carbocycles. The quantitative estimate of drug-likeness (QED) is 0.516. The maximum atomic E-state index is 13.5. The van der Waals surface area contributed by atoms with Crippen LogP contribution in [-0.4, -0.2) is 32.1 Å². The van der Waals surface area contributed by atoms with Gasteiger partial charge in [0.15, 0.2) is 11.2 Å². The average molecular weight is 463 g/mol. The zero-order valence-corrected chi connectivity index (χ0v) is 19.7. The molecular formula is C26H30N4O4. The Kier molecular flexibility index (Phi) is 5.00. The summed E-state index contributed by atoms with van der Waals surface area (Å²) >= 11 is 0. The van der Waals surface area contributed by atoms with Crippen molar-refractivity contribution in [2.75, 3.05) is 6.61 Å². The first kappa shape index (κ1) is 21.4. The SMILES string of the molecule is CCCn1c(Oc2cccc(C(=O)OCC)c2)nc2nc(C34CC5CC(CC3C5)C4)[nH]c2c1=O. The van der Waals surface area contributed by atoms with E-state index in [9.17, 15) is 9.59 Å². The lowest BCUT2D eigenvalue weighted by Gasteiger charge is -2.30.